The maximum absolute atomic E-state index is 9.39. The second-order valence-electron chi connectivity index (χ2n) is 3.45. The van der Waals surface area contributed by atoms with Gasteiger partial charge in [0.1, 0.15) is 6.23 Å². The number of nitrogens with two attached hydrogens (primary N) is 1. The monoisotopic (exact) mass is 178 g/mol. The number of rotatable bonds is 1. The van der Waals surface area contributed by atoms with Crippen LogP contribution in [0.4, 0.5) is 0 Å². The molecule has 0 aliphatic carbocycles. The normalized spacial score (nSPS) is 33.5. The molecule has 1 fully saturated rings. The maximum atomic E-state index is 9.39. The first-order valence-electron chi connectivity index (χ1n) is 4.51. The molecule has 0 bridgehead atoms. The first-order chi connectivity index (χ1) is 6.29. The molecule has 1 aliphatic rings. The van der Waals surface area contributed by atoms with Crippen molar-refractivity contribution >= 4 is 0 Å². The molecule has 1 aliphatic heterocycles. The molecule has 4 N–H and O–H groups in total. The predicted octanol–water partition coefficient (Wildman–Crippen LogP) is 0.0191. The molecule has 3 heteroatoms. The molecule has 0 amide bonds. The van der Waals surface area contributed by atoms with Gasteiger partial charge in [0.15, 0.2) is 0 Å². The SMILES string of the molecule is NC1C(O)NCC1c1ccccc1. The van der Waals surface area contributed by atoms with Gasteiger partial charge in [-0.15, -0.1) is 0 Å². The molecule has 0 aromatic heterocycles. The van der Waals surface area contributed by atoms with E-state index >= 15 is 0 Å². The van der Waals surface area contributed by atoms with Crippen LogP contribution in [0.5, 0.6) is 0 Å². The lowest BCUT2D eigenvalue weighted by Gasteiger charge is -2.15. The molecule has 1 heterocycles. The first kappa shape index (κ1) is 8.69. The highest BCUT2D eigenvalue weighted by atomic mass is 16.3. The largest absolute Gasteiger partial charge is 0.377 e. The molecule has 1 aromatic rings. The van der Waals surface area contributed by atoms with Crippen LogP contribution in [-0.4, -0.2) is 23.9 Å². The molecule has 3 atom stereocenters. The lowest BCUT2D eigenvalue weighted by Crippen LogP contribution is -2.37. The minimum absolute atomic E-state index is 0.192. The summed E-state index contributed by atoms with van der Waals surface area (Å²) in [5.41, 5.74) is 7.04. The summed E-state index contributed by atoms with van der Waals surface area (Å²) in [6.07, 6.45) is -0.565. The van der Waals surface area contributed by atoms with Gasteiger partial charge in [-0.2, -0.15) is 0 Å². The molecular weight excluding hydrogens is 164 g/mol. The molecule has 3 nitrogen and oxygen atoms in total. The van der Waals surface area contributed by atoms with Crippen molar-refractivity contribution in [3.63, 3.8) is 0 Å². The number of aliphatic hydroxyl groups excluding tert-OH is 1. The Morgan fingerprint density at radius 3 is 2.54 bits per heavy atom. The average molecular weight is 178 g/mol. The second kappa shape index (κ2) is 3.46. The Kier molecular flexibility index (Phi) is 2.31. The van der Waals surface area contributed by atoms with Crippen LogP contribution < -0.4 is 11.1 Å². The third-order valence-electron chi connectivity index (χ3n) is 2.60. The van der Waals surface area contributed by atoms with E-state index in [-0.39, 0.29) is 12.0 Å². The van der Waals surface area contributed by atoms with E-state index < -0.39 is 6.23 Å². The summed E-state index contributed by atoms with van der Waals surface area (Å²) >= 11 is 0. The Labute approximate surface area is 77.6 Å². The van der Waals surface area contributed by atoms with E-state index in [1.807, 2.05) is 30.3 Å². The van der Waals surface area contributed by atoms with Gasteiger partial charge < -0.3 is 10.8 Å². The minimum Gasteiger partial charge on any atom is -0.377 e. The van der Waals surface area contributed by atoms with Gasteiger partial charge in [-0.3, -0.25) is 5.32 Å². The van der Waals surface area contributed by atoms with Gasteiger partial charge in [0, 0.05) is 12.5 Å². The second-order valence-corrected chi connectivity index (χ2v) is 3.45. The number of benzene rings is 1. The fraction of sp³-hybridized carbons (Fsp3) is 0.400. The topological polar surface area (TPSA) is 58.3 Å². The van der Waals surface area contributed by atoms with Crippen LogP contribution in [0.2, 0.25) is 0 Å². The van der Waals surface area contributed by atoms with E-state index in [0.29, 0.717) is 0 Å². The van der Waals surface area contributed by atoms with E-state index in [0.717, 1.165) is 6.54 Å². The summed E-state index contributed by atoms with van der Waals surface area (Å²) in [6, 6.07) is 9.87. The quantitative estimate of drug-likeness (QED) is 0.568. The third-order valence-corrected chi connectivity index (χ3v) is 2.60. The highest BCUT2D eigenvalue weighted by Crippen LogP contribution is 2.23. The van der Waals surface area contributed by atoms with Crippen molar-refractivity contribution < 1.29 is 5.11 Å². The van der Waals surface area contributed by atoms with Crippen LogP contribution in [0.25, 0.3) is 0 Å². The number of aliphatic hydroxyl groups is 1. The summed E-state index contributed by atoms with van der Waals surface area (Å²) < 4.78 is 0. The van der Waals surface area contributed by atoms with E-state index in [4.69, 9.17) is 5.73 Å². The van der Waals surface area contributed by atoms with Crippen LogP contribution in [0, 0.1) is 0 Å². The summed E-state index contributed by atoms with van der Waals surface area (Å²) in [5.74, 6) is 0.233. The van der Waals surface area contributed by atoms with E-state index in [1.54, 1.807) is 0 Å². The van der Waals surface area contributed by atoms with Crippen molar-refractivity contribution in [2.24, 2.45) is 5.73 Å². The minimum atomic E-state index is -0.565. The van der Waals surface area contributed by atoms with Crippen molar-refractivity contribution in [1.29, 1.82) is 0 Å². The molecule has 13 heavy (non-hydrogen) atoms. The Hall–Kier alpha value is -0.900. The fourth-order valence-corrected chi connectivity index (χ4v) is 1.78. The fourth-order valence-electron chi connectivity index (χ4n) is 1.78. The third kappa shape index (κ3) is 1.58. The van der Waals surface area contributed by atoms with Gasteiger partial charge >= 0.3 is 0 Å². The summed E-state index contributed by atoms with van der Waals surface area (Å²) in [7, 11) is 0. The van der Waals surface area contributed by atoms with Crippen LogP contribution in [-0.2, 0) is 0 Å². The van der Waals surface area contributed by atoms with Crippen molar-refractivity contribution in [1.82, 2.24) is 5.32 Å². The summed E-state index contributed by atoms with van der Waals surface area (Å²) in [4.78, 5) is 0. The lowest BCUT2D eigenvalue weighted by molar-refractivity contribution is 0.141. The van der Waals surface area contributed by atoms with Crippen LogP contribution in [0.15, 0.2) is 30.3 Å². The first-order valence-corrected chi connectivity index (χ1v) is 4.51. The zero-order valence-corrected chi connectivity index (χ0v) is 7.35. The lowest BCUT2D eigenvalue weighted by atomic mass is 9.94. The summed E-state index contributed by atoms with van der Waals surface area (Å²) in [5, 5.41) is 12.3. The van der Waals surface area contributed by atoms with Gasteiger partial charge in [0.2, 0.25) is 0 Å². The highest BCUT2D eigenvalue weighted by molar-refractivity contribution is 5.23. The Morgan fingerprint density at radius 2 is 2.00 bits per heavy atom. The van der Waals surface area contributed by atoms with Gasteiger partial charge in [0.25, 0.3) is 0 Å². The molecule has 0 spiro atoms. The Balaban J connectivity index is 2.19. The smallest absolute Gasteiger partial charge is 0.120 e. The molecule has 2 rings (SSSR count). The molecule has 1 saturated heterocycles. The standard InChI is InChI=1S/C10H14N2O/c11-9-8(6-12-10(9)13)7-4-2-1-3-5-7/h1-5,8-10,12-13H,6,11H2. The van der Waals surface area contributed by atoms with Crippen molar-refractivity contribution in [2.75, 3.05) is 6.54 Å². The van der Waals surface area contributed by atoms with E-state index in [2.05, 4.69) is 5.32 Å². The van der Waals surface area contributed by atoms with Gasteiger partial charge in [0.05, 0.1) is 6.04 Å². The highest BCUT2D eigenvalue weighted by Gasteiger charge is 2.32. The van der Waals surface area contributed by atoms with Crippen LogP contribution >= 0.6 is 0 Å². The molecule has 3 unspecified atom stereocenters. The van der Waals surface area contributed by atoms with E-state index in [9.17, 15) is 5.11 Å². The maximum Gasteiger partial charge on any atom is 0.120 e. The number of hydrogen-bond acceptors (Lipinski definition) is 3. The summed E-state index contributed by atoms with van der Waals surface area (Å²) in [6.45, 7) is 0.756. The van der Waals surface area contributed by atoms with Crippen molar-refractivity contribution in [3.8, 4) is 0 Å². The number of hydrogen-bond donors (Lipinski definition) is 3. The molecule has 70 valence electrons. The molecule has 0 radical (unpaired) electrons. The molecule has 0 saturated carbocycles. The zero-order chi connectivity index (χ0) is 9.26. The number of nitrogens with one attached hydrogen (secondary N) is 1. The Morgan fingerprint density at radius 1 is 1.31 bits per heavy atom. The van der Waals surface area contributed by atoms with Gasteiger partial charge in [-0.25, -0.2) is 0 Å². The predicted molar refractivity (Wildman–Crippen MR) is 51.2 cm³/mol. The van der Waals surface area contributed by atoms with Crippen LogP contribution in [0.3, 0.4) is 0 Å². The zero-order valence-electron chi connectivity index (χ0n) is 7.35. The van der Waals surface area contributed by atoms with Gasteiger partial charge in [-0.05, 0) is 5.56 Å². The molecular formula is C10H14N2O. The average Bonchev–Trinajstić information content (AvgIpc) is 2.49. The van der Waals surface area contributed by atoms with Gasteiger partial charge in [-0.1, -0.05) is 30.3 Å². The van der Waals surface area contributed by atoms with E-state index in [1.165, 1.54) is 5.56 Å². The van der Waals surface area contributed by atoms with Crippen molar-refractivity contribution in [3.05, 3.63) is 35.9 Å². The van der Waals surface area contributed by atoms with Crippen LogP contribution in [0.1, 0.15) is 11.5 Å². The Bertz CT molecular complexity index is 276. The molecule has 1 aromatic carbocycles. The van der Waals surface area contributed by atoms with Crippen molar-refractivity contribution in [2.45, 2.75) is 18.2 Å².